The summed E-state index contributed by atoms with van der Waals surface area (Å²) in [7, 11) is 1.75. The van der Waals surface area contributed by atoms with Crippen LogP contribution in [0.5, 0.6) is 0 Å². The lowest BCUT2D eigenvalue weighted by Crippen LogP contribution is -2.13. The van der Waals surface area contributed by atoms with E-state index in [4.69, 9.17) is 0 Å². The molecule has 1 aromatic carbocycles. The molecule has 76 valence electrons. The molecule has 0 aliphatic carbocycles. The summed E-state index contributed by atoms with van der Waals surface area (Å²) in [5.41, 5.74) is 2.16. The Morgan fingerprint density at radius 1 is 1.00 bits per heavy atom. The minimum absolute atomic E-state index is 0.0101. The van der Waals surface area contributed by atoms with Gasteiger partial charge >= 0.3 is 0 Å². The molecule has 0 N–H and O–H groups in total. The van der Waals surface area contributed by atoms with Gasteiger partial charge in [-0.15, -0.1) is 0 Å². The highest BCUT2D eigenvalue weighted by Gasteiger charge is 1.98. The van der Waals surface area contributed by atoms with E-state index in [9.17, 15) is 4.79 Å². The Morgan fingerprint density at radius 2 is 1.60 bits per heavy atom. The van der Waals surface area contributed by atoms with Crippen LogP contribution in [0, 0.1) is 0 Å². The molecular weight excluding hydrogens is 254 g/mol. The molecule has 2 aromatic rings. The van der Waals surface area contributed by atoms with E-state index in [0.29, 0.717) is 0 Å². The first-order valence-electron chi connectivity index (χ1n) is 4.59. The van der Waals surface area contributed by atoms with E-state index in [0.717, 1.165) is 15.6 Å². The summed E-state index contributed by atoms with van der Waals surface area (Å²) in [5.74, 6) is 0. The van der Waals surface area contributed by atoms with Gasteiger partial charge in [-0.05, 0) is 29.3 Å². The highest BCUT2D eigenvalue weighted by Crippen LogP contribution is 2.20. The first kappa shape index (κ1) is 10.2. The molecule has 2 nitrogen and oxygen atoms in total. The van der Waals surface area contributed by atoms with E-state index in [-0.39, 0.29) is 5.56 Å². The topological polar surface area (TPSA) is 22.0 Å². The molecule has 15 heavy (non-hydrogen) atoms. The number of halogens is 1. The van der Waals surface area contributed by atoms with Crippen LogP contribution in [0.15, 0.2) is 51.9 Å². The fourth-order valence-electron chi connectivity index (χ4n) is 1.41. The van der Waals surface area contributed by atoms with Crippen molar-refractivity contribution < 1.29 is 0 Å². The van der Waals surface area contributed by atoms with Gasteiger partial charge in [0.2, 0.25) is 5.56 Å². The van der Waals surface area contributed by atoms with Crippen LogP contribution < -0.4 is 5.56 Å². The van der Waals surface area contributed by atoms with Crippen LogP contribution in [-0.4, -0.2) is 4.57 Å². The van der Waals surface area contributed by atoms with Gasteiger partial charge in [-0.2, -0.15) is 0 Å². The normalized spacial score (nSPS) is 10.3. The summed E-state index contributed by atoms with van der Waals surface area (Å²) >= 11 is 3.39. The van der Waals surface area contributed by atoms with E-state index in [1.54, 1.807) is 17.7 Å². The molecule has 1 aromatic heterocycles. The standard InChI is InChI=1S/C12H10BrNO/c1-14-8-10(4-7-12(14)15)9-2-5-11(13)6-3-9/h2-8H,1H3. The second-order valence-corrected chi connectivity index (χ2v) is 4.29. The number of nitrogens with zero attached hydrogens (tertiary/aromatic N) is 1. The molecule has 0 saturated carbocycles. The lowest BCUT2D eigenvalue weighted by Gasteiger charge is -2.03. The number of aryl methyl sites for hydroxylation is 1. The van der Waals surface area contributed by atoms with Gasteiger partial charge in [0.05, 0.1) is 0 Å². The van der Waals surface area contributed by atoms with Crippen molar-refractivity contribution in [3.8, 4) is 11.1 Å². The quantitative estimate of drug-likeness (QED) is 0.776. The van der Waals surface area contributed by atoms with Crippen molar-refractivity contribution in [2.24, 2.45) is 7.05 Å². The summed E-state index contributed by atoms with van der Waals surface area (Å²) in [5, 5.41) is 0. The number of pyridine rings is 1. The zero-order valence-corrected chi connectivity index (χ0v) is 9.86. The van der Waals surface area contributed by atoms with Crippen molar-refractivity contribution in [1.82, 2.24) is 4.57 Å². The second kappa shape index (κ2) is 4.03. The maximum atomic E-state index is 11.2. The molecule has 0 aliphatic heterocycles. The number of rotatable bonds is 1. The fraction of sp³-hybridized carbons (Fsp3) is 0.0833. The number of aromatic nitrogens is 1. The van der Waals surface area contributed by atoms with Crippen molar-refractivity contribution in [3.05, 3.63) is 57.4 Å². The third kappa shape index (κ3) is 2.18. The lowest BCUT2D eigenvalue weighted by molar-refractivity contribution is 0.862. The van der Waals surface area contributed by atoms with E-state index in [2.05, 4.69) is 15.9 Å². The Kier molecular flexibility index (Phi) is 2.73. The van der Waals surface area contributed by atoms with Crippen LogP contribution in [0.4, 0.5) is 0 Å². The molecule has 0 atom stereocenters. The van der Waals surface area contributed by atoms with Crippen molar-refractivity contribution >= 4 is 15.9 Å². The average molecular weight is 264 g/mol. The Balaban J connectivity index is 2.50. The van der Waals surface area contributed by atoms with Gasteiger partial charge in [-0.25, -0.2) is 0 Å². The average Bonchev–Trinajstić information content (AvgIpc) is 2.23. The predicted octanol–water partition coefficient (Wildman–Crippen LogP) is 2.81. The molecule has 2 rings (SSSR count). The molecule has 0 saturated heterocycles. The van der Waals surface area contributed by atoms with Crippen molar-refractivity contribution in [2.45, 2.75) is 0 Å². The van der Waals surface area contributed by atoms with E-state index < -0.39 is 0 Å². The molecule has 0 bridgehead atoms. The summed E-state index contributed by atoms with van der Waals surface area (Å²) in [6, 6.07) is 11.4. The zero-order chi connectivity index (χ0) is 10.8. The Morgan fingerprint density at radius 3 is 2.20 bits per heavy atom. The fourth-order valence-corrected chi connectivity index (χ4v) is 1.67. The van der Waals surface area contributed by atoms with Gasteiger partial charge in [0.1, 0.15) is 0 Å². The summed E-state index contributed by atoms with van der Waals surface area (Å²) in [4.78, 5) is 11.2. The predicted molar refractivity (Wildman–Crippen MR) is 64.8 cm³/mol. The van der Waals surface area contributed by atoms with E-state index in [1.165, 1.54) is 0 Å². The number of hydrogen-bond donors (Lipinski definition) is 0. The third-order valence-corrected chi connectivity index (χ3v) is 2.79. The molecule has 1 heterocycles. The SMILES string of the molecule is Cn1cc(-c2ccc(Br)cc2)ccc1=O. The highest BCUT2D eigenvalue weighted by atomic mass is 79.9. The third-order valence-electron chi connectivity index (χ3n) is 2.26. The molecule has 0 radical (unpaired) electrons. The maximum Gasteiger partial charge on any atom is 0.250 e. The summed E-state index contributed by atoms with van der Waals surface area (Å²) in [6.45, 7) is 0. The highest BCUT2D eigenvalue weighted by molar-refractivity contribution is 9.10. The maximum absolute atomic E-state index is 11.2. The summed E-state index contributed by atoms with van der Waals surface area (Å²) < 4.78 is 2.63. The van der Waals surface area contributed by atoms with Crippen LogP contribution in [-0.2, 0) is 7.05 Å². The van der Waals surface area contributed by atoms with Crippen LogP contribution in [0.1, 0.15) is 0 Å². The van der Waals surface area contributed by atoms with Crippen LogP contribution in [0.3, 0.4) is 0 Å². The number of hydrogen-bond acceptors (Lipinski definition) is 1. The lowest BCUT2D eigenvalue weighted by atomic mass is 10.1. The monoisotopic (exact) mass is 263 g/mol. The van der Waals surface area contributed by atoms with Crippen LogP contribution in [0.2, 0.25) is 0 Å². The number of benzene rings is 1. The van der Waals surface area contributed by atoms with Crippen molar-refractivity contribution in [3.63, 3.8) is 0 Å². The largest absolute Gasteiger partial charge is 0.318 e. The van der Waals surface area contributed by atoms with Gasteiger partial charge in [0.25, 0.3) is 0 Å². The molecule has 0 amide bonds. The molecule has 0 fully saturated rings. The minimum atomic E-state index is 0.0101. The Hall–Kier alpha value is -1.35. The minimum Gasteiger partial charge on any atom is -0.318 e. The van der Waals surface area contributed by atoms with Crippen LogP contribution in [0.25, 0.3) is 11.1 Å². The first-order valence-corrected chi connectivity index (χ1v) is 5.39. The molecule has 0 spiro atoms. The summed E-state index contributed by atoms with van der Waals surface area (Å²) in [6.07, 6.45) is 1.84. The molecule has 0 unspecified atom stereocenters. The van der Waals surface area contributed by atoms with Crippen LogP contribution >= 0.6 is 15.9 Å². The molecule has 0 aliphatic rings. The Bertz CT molecular complexity index is 528. The molecular formula is C12H10BrNO. The van der Waals surface area contributed by atoms with E-state index >= 15 is 0 Å². The zero-order valence-electron chi connectivity index (χ0n) is 8.27. The smallest absolute Gasteiger partial charge is 0.250 e. The van der Waals surface area contributed by atoms with Crippen molar-refractivity contribution in [2.75, 3.05) is 0 Å². The first-order chi connectivity index (χ1) is 7.16. The van der Waals surface area contributed by atoms with E-state index in [1.807, 2.05) is 36.5 Å². The Labute approximate surface area is 96.3 Å². The van der Waals surface area contributed by atoms with Gasteiger partial charge in [-0.3, -0.25) is 4.79 Å². The van der Waals surface area contributed by atoms with Gasteiger partial charge in [0.15, 0.2) is 0 Å². The second-order valence-electron chi connectivity index (χ2n) is 3.37. The van der Waals surface area contributed by atoms with Crippen molar-refractivity contribution in [1.29, 1.82) is 0 Å². The van der Waals surface area contributed by atoms with Gasteiger partial charge in [-0.1, -0.05) is 28.1 Å². The van der Waals surface area contributed by atoms with Gasteiger partial charge < -0.3 is 4.57 Å². The van der Waals surface area contributed by atoms with Gasteiger partial charge in [0, 0.05) is 23.8 Å². The molecule has 3 heteroatoms.